The van der Waals surface area contributed by atoms with Crippen LogP contribution >= 0.6 is 11.6 Å². The molecule has 8 heteroatoms. The molecule has 0 radical (unpaired) electrons. The summed E-state index contributed by atoms with van der Waals surface area (Å²) in [6.45, 7) is 1.98. The number of nitrogens with one attached hydrogen (secondary N) is 1. The Morgan fingerprint density at radius 1 is 1.16 bits per heavy atom. The minimum Gasteiger partial charge on any atom is -0.436 e. The van der Waals surface area contributed by atoms with Crippen LogP contribution in [-0.2, 0) is 4.79 Å². The van der Waals surface area contributed by atoms with Crippen LogP contribution in [0.1, 0.15) is 11.1 Å². The maximum absolute atomic E-state index is 12.3. The van der Waals surface area contributed by atoms with E-state index >= 15 is 0 Å². The van der Waals surface area contributed by atoms with E-state index in [1.54, 1.807) is 24.3 Å². The summed E-state index contributed by atoms with van der Waals surface area (Å²) >= 11 is 5.80. The molecule has 3 aromatic carbocycles. The Kier molecular flexibility index (Phi) is 5.51. The summed E-state index contributed by atoms with van der Waals surface area (Å²) < 4.78 is 5.84. The number of oxazole rings is 1. The lowest BCUT2D eigenvalue weighted by Crippen LogP contribution is -2.07. The van der Waals surface area contributed by atoms with Gasteiger partial charge in [0.25, 0.3) is 5.69 Å². The zero-order valence-electron chi connectivity index (χ0n) is 16.3. The standard InChI is InChI=1S/C23H16ClN3O4/c1-14-4-2-3-5-17(14)23-26-19-13-16(8-10-21(19)31-23)25-22(28)11-7-15-6-9-18(24)20(12-15)27(29)30/h2-13H,1H3,(H,25,28). The number of hydrogen-bond acceptors (Lipinski definition) is 5. The molecular weight excluding hydrogens is 418 g/mol. The normalized spacial score (nSPS) is 11.2. The molecule has 0 atom stereocenters. The number of carbonyl (C=O) groups excluding carboxylic acids is 1. The first-order chi connectivity index (χ1) is 14.9. The molecule has 1 heterocycles. The Labute approximate surface area is 182 Å². The van der Waals surface area contributed by atoms with Crippen LogP contribution in [0, 0.1) is 17.0 Å². The molecule has 31 heavy (non-hydrogen) atoms. The molecule has 0 aliphatic carbocycles. The number of aromatic nitrogens is 1. The highest BCUT2D eigenvalue weighted by Gasteiger charge is 2.13. The molecule has 0 fully saturated rings. The van der Waals surface area contributed by atoms with Crippen molar-refractivity contribution in [1.29, 1.82) is 0 Å². The molecule has 0 saturated heterocycles. The largest absolute Gasteiger partial charge is 0.436 e. The number of aryl methyl sites for hydroxylation is 1. The van der Waals surface area contributed by atoms with E-state index in [0.717, 1.165) is 11.1 Å². The molecule has 0 aliphatic rings. The van der Waals surface area contributed by atoms with Crippen molar-refractivity contribution in [1.82, 2.24) is 4.98 Å². The van der Waals surface area contributed by atoms with Crippen molar-refractivity contribution >= 4 is 46.1 Å². The van der Waals surface area contributed by atoms with E-state index in [-0.39, 0.29) is 16.6 Å². The lowest BCUT2D eigenvalue weighted by atomic mass is 10.1. The van der Waals surface area contributed by atoms with Gasteiger partial charge in [0.05, 0.1) is 4.92 Å². The molecule has 1 aromatic heterocycles. The lowest BCUT2D eigenvalue weighted by molar-refractivity contribution is -0.384. The van der Waals surface area contributed by atoms with Gasteiger partial charge in [0.1, 0.15) is 10.5 Å². The molecule has 0 aliphatic heterocycles. The van der Waals surface area contributed by atoms with Gasteiger partial charge in [-0.15, -0.1) is 0 Å². The molecule has 7 nitrogen and oxygen atoms in total. The first-order valence-corrected chi connectivity index (χ1v) is 9.68. The zero-order valence-corrected chi connectivity index (χ0v) is 17.1. The summed E-state index contributed by atoms with van der Waals surface area (Å²) in [6.07, 6.45) is 2.77. The summed E-state index contributed by atoms with van der Waals surface area (Å²) in [6, 6.07) is 17.3. The van der Waals surface area contributed by atoms with Gasteiger partial charge in [0.2, 0.25) is 11.8 Å². The molecule has 0 bridgehead atoms. The lowest BCUT2D eigenvalue weighted by Gasteiger charge is -2.01. The van der Waals surface area contributed by atoms with Gasteiger partial charge in [-0.25, -0.2) is 4.98 Å². The van der Waals surface area contributed by atoms with Crippen molar-refractivity contribution in [3.63, 3.8) is 0 Å². The Hall–Kier alpha value is -3.97. The molecule has 0 unspecified atom stereocenters. The smallest absolute Gasteiger partial charge is 0.288 e. The van der Waals surface area contributed by atoms with Gasteiger partial charge in [0.15, 0.2) is 5.58 Å². The number of benzene rings is 3. The second-order valence-electron chi connectivity index (χ2n) is 6.81. The molecule has 0 saturated carbocycles. The molecule has 1 amide bonds. The fourth-order valence-corrected chi connectivity index (χ4v) is 3.25. The van der Waals surface area contributed by atoms with Crippen LogP contribution in [0.25, 0.3) is 28.6 Å². The fourth-order valence-electron chi connectivity index (χ4n) is 3.06. The third-order valence-corrected chi connectivity index (χ3v) is 4.94. The quantitative estimate of drug-likeness (QED) is 0.236. The van der Waals surface area contributed by atoms with Gasteiger partial charge >= 0.3 is 0 Å². The third-order valence-electron chi connectivity index (χ3n) is 4.62. The van der Waals surface area contributed by atoms with E-state index in [1.807, 2.05) is 31.2 Å². The topological polar surface area (TPSA) is 98.3 Å². The van der Waals surface area contributed by atoms with Crippen LogP contribution < -0.4 is 5.32 Å². The number of carbonyl (C=O) groups is 1. The molecule has 4 rings (SSSR count). The average molecular weight is 434 g/mol. The number of anilines is 1. The summed E-state index contributed by atoms with van der Waals surface area (Å²) in [4.78, 5) is 27.2. The SMILES string of the molecule is Cc1ccccc1-c1nc2cc(NC(=O)C=Cc3ccc(Cl)c([N+](=O)[O-])c3)ccc2o1. The van der Waals surface area contributed by atoms with Crippen molar-refractivity contribution in [3.05, 3.63) is 93.0 Å². The highest BCUT2D eigenvalue weighted by molar-refractivity contribution is 6.32. The molecule has 154 valence electrons. The predicted octanol–water partition coefficient (Wildman–Crippen LogP) is 6.02. The van der Waals surface area contributed by atoms with Crippen molar-refractivity contribution in [3.8, 4) is 11.5 Å². The summed E-state index contributed by atoms with van der Waals surface area (Å²) in [7, 11) is 0. The van der Waals surface area contributed by atoms with Crippen molar-refractivity contribution in [2.75, 3.05) is 5.32 Å². The van der Waals surface area contributed by atoms with Crippen molar-refractivity contribution < 1.29 is 14.1 Å². The highest BCUT2D eigenvalue weighted by atomic mass is 35.5. The van der Waals surface area contributed by atoms with Crippen LogP contribution in [0.4, 0.5) is 11.4 Å². The van der Waals surface area contributed by atoms with Crippen molar-refractivity contribution in [2.24, 2.45) is 0 Å². The maximum atomic E-state index is 12.3. The van der Waals surface area contributed by atoms with Crippen molar-refractivity contribution in [2.45, 2.75) is 6.92 Å². The monoisotopic (exact) mass is 433 g/mol. The number of nitrogens with zero attached hydrogens (tertiary/aromatic N) is 2. The minimum absolute atomic E-state index is 0.0394. The van der Waals surface area contributed by atoms with Gasteiger partial charge in [-0.3, -0.25) is 14.9 Å². The Bertz CT molecular complexity index is 1340. The number of nitro benzene ring substituents is 1. The van der Waals surface area contributed by atoms with E-state index in [9.17, 15) is 14.9 Å². The zero-order chi connectivity index (χ0) is 22.0. The number of rotatable bonds is 5. The number of nitro groups is 1. The summed E-state index contributed by atoms with van der Waals surface area (Å²) in [5.41, 5.74) is 4.01. The van der Waals surface area contributed by atoms with E-state index in [4.69, 9.17) is 16.0 Å². The second-order valence-corrected chi connectivity index (χ2v) is 7.21. The summed E-state index contributed by atoms with van der Waals surface area (Å²) in [5.74, 6) is 0.125. The predicted molar refractivity (Wildman–Crippen MR) is 120 cm³/mol. The first kappa shape index (κ1) is 20.3. The minimum atomic E-state index is -0.571. The van der Waals surface area contributed by atoms with E-state index in [2.05, 4.69) is 10.3 Å². The first-order valence-electron chi connectivity index (χ1n) is 9.30. The Morgan fingerprint density at radius 2 is 1.97 bits per heavy atom. The van der Waals surface area contributed by atoms with Crippen LogP contribution in [-0.4, -0.2) is 15.8 Å². The summed E-state index contributed by atoms with van der Waals surface area (Å²) in [5, 5.41) is 13.8. The van der Waals surface area contributed by atoms with E-state index < -0.39 is 4.92 Å². The van der Waals surface area contributed by atoms with Gasteiger partial charge in [-0.2, -0.15) is 0 Å². The molecular formula is C23H16ClN3O4. The van der Waals surface area contributed by atoms with Crippen LogP contribution in [0.2, 0.25) is 5.02 Å². The Balaban J connectivity index is 1.51. The maximum Gasteiger partial charge on any atom is 0.288 e. The van der Waals surface area contributed by atoms with Crippen LogP contribution in [0.15, 0.2) is 71.2 Å². The van der Waals surface area contributed by atoms with Gasteiger partial charge < -0.3 is 9.73 Å². The molecule has 0 spiro atoms. The van der Waals surface area contributed by atoms with E-state index in [1.165, 1.54) is 24.3 Å². The highest BCUT2D eigenvalue weighted by Crippen LogP contribution is 2.28. The number of hydrogen-bond donors (Lipinski definition) is 1. The average Bonchev–Trinajstić information content (AvgIpc) is 3.16. The van der Waals surface area contributed by atoms with Gasteiger partial charge in [0, 0.05) is 23.4 Å². The third kappa shape index (κ3) is 4.46. The fraction of sp³-hybridized carbons (Fsp3) is 0.0435. The second kappa shape index (κ2) is 8.41. The number of halogens is 1. The van der Waals surface area contributed by atoms with Gasteiger partial charge in [-0.05, 0) is 54.5 Å². The van der Waals surface area contributed by atoms with E-state index in [0.29, 0.717) is 28.2 Å². The van der Waals surface area contributed by atoms with Gasteiger partial charge in [-0.1, -0.05) is 35.9 Å². The van der Waals surface area contributed by atoms with Crippen LogP contribution in [0.3, 0.4) is 0 Å². The number of fused-ring (bicyclic) bond motifs is 1. The Morgan fingerprint density at radius 3 is 2.74 bits per heavy atom. The number of amides is 1. The molecule has 4 aromatic rings. The molecule has 1 N–H and O–H groups in total. The van der Waals surface area contributed by atoms with Crippen LogP contribution in [0.5, 0.6) is 0 Å².